The minimum atomic E-state index is -0.0902. The third kappa shape index (κ3) is 4.50. The van der Waals surface area contributed by atoms with Crippen LogP contribution in [0.3, 0.4) is 0 Å². The van der Waals surface area contributed by atoms with Gasteiger partial charge in [0.05, 0.1) is 0 Å². The van der Waals surface area contributed by atoms with E-state index in [0.717, 1.165) is 24.2 Å². The fourth-order valence-electron chi connectivity index (χ4n) is 3.00. The summed E-state index contributed by atoms with van der Waals surface area (Å²) in [5, 5.41) is 8.60. The van der Waals surface area contributed by atoms with E-state index in [2.05, 4.69) is 25.6 Å². The van der Waals surface area contributed by atoms with Gasteiger partial charge in [-0.3, -0.25) is 4.79 Å². The second-order valence-corrected chi connectivity index (χ2v) is 7.16. The number of amides is 1. The van der Waals surface area contributed by atoms with E-state index in [0.29, 0.717) is 16.8 Å². The lowest BCUT2D eigenvalue weighted by Gasteiger charge is -2.15. The molecule has 6 nitrogen and oxygen atoms in total. The van der Waals surface area contributed by atoms with Crippen molar-refractivity contribution in [2.45, 2.75) is 58.4 Å². The van der Waals surface area contributed by atoms with Crippen molar-refractivity contribution in [2.24, 2.45) is 0 Å². The standard InChI is InChI=1S/C17H23N5OS/c1-11-9-12(2)19-16(18-11)22-17-21-14(10-24-17)15(23)20-13-7-5-3-4-6-8-13/h9-10,13H,3-8H2,1-2H3,(H,20,23)(H,18,19,21,22). The lowest BCUT2D eigenvalue weighted by molar-refractivity contribution is 0.0929. The number of nitrogens with one attached hydrogen (secondary N) is 2. The van der Waals surface area contributed by atoms with Crippen molar-refractivity contribution in [3.63, 3.8) is 0 Å². The number of hydrogen-bond donors (Lipinski definition) is 2. The summed E-state index contributed by atoms with van der Waals surface area (Å²) in [6.45, 7) is 3.85. The van der Waals surface area contributed by atoms with Crippen molar-refractivity contribution in [2.75, 3.05) is 5.32 Å². The number of hydrogen-bond acceptors (Lipinski definition) is 6. The minimum absolute atomic E-state index is 0.0902. The minimum Gasteiger partial charge on any atom is -0.348 e. The van der Waals surface area contributed by atoms with Crippen LogP contribution in [0.4, 0.5) is 11.1 Å². The van der Waals surface area contributed by atoms with E-state index < -0.39 is 0 Å². The van der Waals surface area contributed by atoms with Crippen LogP contribution in [-0.4, -0.2) is 26.9 Å². The van der Waals surface area contributed by atoms with Crippen LogP contribution >= 0.6 is 11.3 Å². The summed E-state index contributed by atoms with van der Waals surface area (Å²) >= 11 is 1.39. The summed E-state index contributed by atoms with van der Waals surface area (Å²) in [6, 6.07) is 2.19. The third-order valence-corrected chi connectivity index (χ3v) is 4.89. The number of aromatic nitrogens is 3. The molecule has 1 saturated carbocycles. The Bertz CT molecular complexity index is 687. The van der Waals surface area contributed by atoms with E-state index in [4.69, 9.17) is 0 Å². The molecule has 1 aliphatic rings. The SMILES string of the molecule is Cc1cc(C)nc(Nc2nc(C(=O)NC3CCCCCC3)cs2)n1. The van der Waals surface area contributed by atoms with Gasteiger partial charge >= 0.3 is 0 Å². The second kappa shape index (κ2) is 7.70. The molecule has 0 radical (unpaired) electrons. The Hall–Kier alpha value is -2.02. The van der Waals surface area contributed by atoms with Crippen molar-refractivity contribution >= 4 is 28.3 Å². The maximum Gasteiger partial charge on any atom is 0.271 e. The van der Waals surface area contributed by atoms with Gasteiger partial charge < -0.3 is 10.6 Å². The van der Waals surface area contributed by atoms with Gasteiger partial charge in [-0.15, -0.1) is 11.3 Å². The average Bonchev–Trinajstić information content (AvgIpc) is 2.83. The summed E-state index contributed by atoms with van der Waals surface area (Å²) in [7, 11) is 0. The summed E-state index contributed by atoms with van der Waals surface area (Å²) in [5.74, 6) is 0.421. The summed E-state index contributed by atoms with van der Waals surface area (Å²) in [6.07, 6.45) is 7.06. The van der Waals surface area contributed by atoms with Crippen LogP contribution < -0.4 is 10.6 Å². The van der Waals surface area contributed by atoms with E-state index in [1.165, 1.54) is 37.0 Å². The fraction of sp³-hybridized carbons (Fsp3) is 0.529. The zero-order valence-corrected chi connectivity index (χ0v) is 14.9. The molecule has 2 N–H and O–H groups in total. The highest BCUT2D eigenvalue weighted by Crippen LogP contribution is 2.21. The highest BCUT2D eigenvalue weighted by Gasteiger charge is 2.18. The molecule has 128 valence electrons. The molecule has 1 fully saturated rings. The summed E-state index contributed by atoms with van der Waals surface area (Å²) in [5.41, 5.74) is 2.25. The molecule has 0 spiro atoms. The number of rotatable bonds is 4. The Labute approximate surface area is 146 Å². The monoisotopic (exact) mass is 345 g/mol. The number of carbonyl (C=O) groups excluding carboxylic acids is 1. The van der Waals surface area contributed by atoms with Gasteiger partial charge in [0.1, 0.15) is 5.69 Å². The maximum absolute atomic E-state index is 12.4. The summed E-state index contributed by atoms with van der Waals surface area (Å²) < 4.78 is 0. The van der Waals surface area contributed by atoms with Crippen LogP contribution in [0.5, 0.6) is 0 Å². The second-order valence-electron chi connectivity index (χ2n) is 6.30. The highest BCUT2D eigenvalue weighted by atomic mass is 32.1. The molecular weight excluding hydrogens is 322 g/mol. The molecule has 0 aliphatic heterocycles. The zero-order chi connectivity index (χ0) is 16.9. The van der Waals surface area contributed by atoms with Crippen molar-refractivity contribution in [3.05, 3.63) is 28.5 Å². The van der Waals surface area contributed by atoms with Crippen LogP contribution in [0.2, 0.25) is 0 Å². The number of carbonyl (C=O) groups is 1. The summed E-state index contributed by atoms with van der Waals surface area (Å²) in [4.78, 5) is 25.4. The lowest BCUT2D eigenvalue weighted by atomic mass is 10.1. The van der Waals surface area contributed by atoms with Crippen LogP contribution in [0, 0.1) is 13.8 Å². The molecule has 7 heteroatoms. The molecule has 2 aromatic rings. The molecular formula is C17H23N5OS. The first-order valence-corrected chi connectivity index (χ1v) is 9.34. The van der Waals surface area contributed by atoms with Gasteiger partial charge in [-0.2, -0.15) is 0 Å². The molecule has 3 rings (SSSR count). The predicted octanol–water partition coefficient (Wildman–Crippen LogP) is 3.75. The first-order valence-electron chi connectivity index (χ1n) is 8.46. The Morgan fingerprint density at radius 3 is 2.42 bits per heavy atom. The van der Waals surface area contributed by atoms with Crippen LogP contribution in [0.25, 0.3) is 0 Å². The Morgan fingerprint density at radius 1 is 1.08 bits per heavy atom. The molecule has 1 aliphatic carbocycles. The zero-order valence-electron chi connectivity index (χ0n) is 14.1. The number of nitrogens with zero attached hydrogens (tertiary/aromatic N) is 3. The first kappa shape index (κ1) is 16.8. The van der Waals surface area contributed by atoms with Crippen molar-refractivity contribution in [1.82, 2.24) is 20.3 Å². The lowest BCUT2D eigenvalue weighted by Crippen LogP contribution is -2.34. The van der Waals surface area contributed by atoms with Gasteiger partial charge in [0, 0.05) is 22.8 Å². The van der Waals surface area contributed by atoms with E-state index in [9.17, 15) is 4.79 Å². The largest absolute Gasteiger partial charge is 0.348 e. The smallest absolute Gasteiger partial charge is 0.271 e. The highest BCUT2D eigenvalue weighted by molar-refractivity contribution is 7.14. The van der Waals surface area contributed by atoms with Crippen molar-refractivity contribution < 1.29 is 4.79 Å². The molecule has 2 heterocycles. The van der Waals surface area contributed by atoms with E-state index >= 15 is 0 Å². The Kier molecular flexibility index (Phi) is 5.40. The van der Waals surface area contributed by atoms with E-state index in [1.807, 2.05) is 19.9 Å². The van der Waals surface area contributed by atoms with Gasteiger partial charge in [0.25, 0.3) is 5.91 Å². The first-order chi connectivity index (χ1) is 11.6. The topological polar surface area (TPSA) is 79.8 Å². The molecule has 1 amide bonds. The van der Waals surface area contributed by atoms with Gasteiger partial charge in [0.15, 0.2) is 5.13 Å². The molecule has 2 aromatic heterocycles. The molecule has 0 unspecified atom stereocenters. The maximum atomic E-state index is 12.4. The predicted molar refractivity (Wildman–Crippen MR) is 95.9 cm³/mol. The molecule has 0 atom stereocenters. The van der Waals surface area contributed by atoms with Crippen LogP contribution in [-0.2, 0) is 0 Å². The number of thiazole rings is 1. The van der Waals surface area contributed by atoms with Gasteiger partial charge in [-0.25, -0.2) is 15.0 Å². The Morgan fingerprint density at radius 2 is 1.75 bits per heavy atom. The normalized spacial score (nSPS) is 15.8. The average molecular weight is 345 g/mol. The Balaban J connectivity index is 1.62. The fourth-order valence-corrected chi connectivity index (χ4v) is 3.68. The van der Waals surface area contributed by atoms with Crippen molar-refractivity contribution in [3.8, 4) is 0 Å². The van der Waals surface area contributed by atoms with Gasteiger partial charge in [-0.05, 0) is 32.8 Å². The van der Waals surface area contributed by atoms with Crippen LogP contribution in [0.1, 0.15) is 60.4 Å². The van der Waals surface area contributed by atoms with E-state index in [-0.39, 0.29) is 11.9 Å². The molecule has 0 aromatic carbocycles. The van der Waals surface area contributed by atoms with Crippen LogP contribution in [0.15, 0.2) is 11.4 Å². The third-order valence-electron chi connectivity index (χ3n) is 4.13. The number of anilines is 2. The van der Waals surface area contributed by atoms with Crippen molar-refractivity contribution in [1.29, 1.82) is 0 Å². The number of aryl methyl sites for hydroxylation is 2. The van der Waals surface area contributed by atoms with E-state index in [1.54, 1.807) is 5.38 Å². The molecule has 24 heavy (non-hydrogen) atoms. The van der Waals surface area contributed by atoms with Gasteiger partial charge in [0.2, 0.25) is 5.95 Å². The van der Waals surface area contributed by atoms with Gasteiger partial charge in [-0.1, -0.05) is 25.7 Å². The molecule has 0 saturated heterocycles. The quantitative estimate of drug-likeness (QED) is 0.825. The molecule has 0 bridgehead atoms.